The smallest absolute Gasteiger partial charge is 0.192 e. The first-order valence-corrected chi connectivity index (χ1v) is 1.84. The fraction of sp³-hybridized carbons (Fsp3) is 0.667. The van der Waals surface area contributed by atoms with Crippen molar-refractivity contribution in [3.05, 3.63) is 0 Å². The lowest BCUT2D eigenvalue weighted by molar-refractivity contribution is -0.375. The minimum absolute atomic E-state index is 0.0208. The molecule has 0 aliphatic heterocycles. The van der Waals surface area contributed by atoms with Gasteiger partial charge in [-0.2, -0.15) is 22.8 Å². The van der Waals surface area contributed by atoms with E-state index in [0.717, 1.165) is 0 Å². The third-order valence-corrected chi connectivity index (χ3v) is 0.615. The summed E-state index contributed by atoms with van der Waals surface area (Å²) in [7, 11) is 0. The molecule has 2 nitrogen and oxygen atoms in total. The minimum Gasteiger partial charge on any atom is -0.192 e. The van der Waals surface area contributed by atoms with Gasteiger partial charge in [-0.3, -0.25) is 0 Å². The molecule has 0 aliphatic carbocycles. The summed E-state index contributed by atoms with van der Waals surface area (Å²) in [4.78, 5) is 1.80. The van der Waals surface area contributed by atoms with E-state index in [4.69, 9.17) is 5.26 Å². The van der Waals surface area contributed by atoms with Gasteiger partial charge in [-0.05, 0) is 4.53 Å². The van der Waals surface area contributed by atoms with Crippen molar-refractivity contribution >= 4 is 0 Å². The molecular weight excluding hydrogens is 161 g/mol. The Morgan fingerprint density at radius 1 is 1.20 bits per heavy atom. The second-order valence-electron chi connectivity index (χ2n) is 1.28. The predicted octanol–water partition coefficient (Wildman–Crippen LogP) is 1.64. The lowest BCUT2D eigenvalue weighted by Crippen LogP contribution is -2.40. The van der Waals surface area contributed by atoms with Crippen molar-refractivity contribution in [3.63, 3.8) is 0 Å². The molecule has 0 saturated carbocycles. The number of nitrogens with zero attached hydrogens (tertiary/aromatic N) is 1. The maximum Gasteiger partial charge on any atom is 0.466 e. The summed E-state index contributed by atoms with van der Waals surface area (Å²) in [6.45, 7) is 0. The quantitative estimate of drug-likeness (QED) is 0.547. The van der Waals surface area contributed by atoms with Crippen LogP contribution in [0.1, 0.15) is 0 Å². The Kier molecular flexibility index (Phi) is 2.17. The highest BCUT2D eigenvalue weighted by Gasteiger charge is 2.60. The normalized spacial score (nSPS) is 17.6. The standard InChI is InChI=1S/C3F5NO/c4-2(1-9,10-8)3(5,6)7. The molecule has 0 N–H and O–H groups in total. The van der Waals surface area contributed by atoms with E-state index < -0.39 is 12.0 Å². The molecular formula is C3F5NO. The van der Waals surface area contributed by atoms with Gasteiger partial charge < -0.3 is 0 Å². The molecule has 0 radical (unpaired) electrons. The first-order chi connectivity index (χ1) is 4.37. The Morgan fingerprint density at radius 3 is 1.60 bits per heavy atom. The summed E-state index contributed by atoms with van der Waals surface area (Å²) >= 11 is 0. The summed E-state index contributed by atoms with van der Waals surface area (Å²) in [5.41, 5.74) is 0. The van der Waals surface area contributed by atoms with Crippen LogP contribution in [0.15, 0.2) is 0 Å². The van der Waals surface area contributed by atoms with Gasteiger partial charge in [0.15, 0.2) is 0 Å². The van der Waals surface area contributed by atoms with Crippen LogP contribution in [-0.4, -0.2) is 12.0 Å². The molecule has 0 aromatic carbocycles. The lowest BCUT2D eigenvalue weighted by atomic mass is 10.3. The lowest BCUT2D eigenvalue weighted by Gasteiger charge is -2.14. The number of nitriles is 1. The average Bonchev–Trinajstić information content (AvgIpc) is 1.84. The first kappa shape index (κ1) is 9.10. The van der Waals surface area contributed by atoms with Crippen LogP contribution in [0.2, 0.25) is 0 Å². The average molecular weight is 161 g/mol. The number of hydrogen-bond donors (Lipinski definition) is 0. The maximum absolute atomic E-state index is 11.7. The molecule has 0 spiro atoms. The van der Waals surface area contributed by atoms with Gasteiger partial charge >= 0.3 is 12.0 Å². The molecule has 0 rings (SSSR count). The molecule has 0 aliphatic rings. The molecule has 0 aromatic rings. The van der Waals surface area contributed by atoms with Crippen LogP contribution >= 0.6 is 0 Å². The second kappa shape index (κ2) is 2.38. The highest BCUT2D eigenvalue weighted by molar-refractivity contribution is 4.97. The Labute approximate surface area is 51.7 Å². The van der Waals surface area contributed by atoms with E-state index in [-0.39, 0.29) is 6.07 Å². The summed E-state index contributed by atoms with van der Waals surface area (Å²) in [5.74, 6) is -4.84. The van der Waals surface area contributed by atoms with E-state index in [1.54, 1.807) is 4.94 Å². The molecule has 0 aromatic heterocycles. The topological polar surface area (TPSA) is 33.0 Å². The van der Waals surface area contributed by atoms with Crippen molar-refractivity contribution in [2.45, 2.75) is 12.0 Å². The zero-order valence-electron chi connectivity index (χ0n) is 4.25. The van der Waals surface area contributed by atoms with Gasteiger partial charge in [0.25, 0.3) is 0 Å². The molecule has 1 atom stereocenters. The zero-order valence-corrected chi connectivity index (χ0v) is 4.25. The maximum atomic E-state index is 11.7. The molecule has 0 heterocycles. The van der Waals surface area contributed by atoms with Crippen LogP contribution in [0.4, 0.5) is 22.1 Å². The summed E-state index contributed by atoms with van der Waals surface area (Å²) in [5, 5.41) is 7.41. The zero-order chi connectivity index (χ0) is 8.41. The molecule has 7 heteroatoms. The van der Waals surface area contributed by atoms with Crippen LogP contribution in [-0.2, 0) is 4.94 Å². The van der Waals surface area contributed by atoms with Gasteiger partial charge in [0, 0.05) is 0 Å². The predicted molar refractivity (Wildman–Crippen MR) is 17.7 cm³/mol. The largest absolute Gasteiger partial charge is 0.466 e. The van der Waals surface area contributed by atoms with Gasteiger partial charge in [-0.1, -0.05) is 0 Å². The molecule has 0 amide bonds. The van der Waals surface area contributed by atoms with E-state index in [0.29, 0.717) is 0 Å². The fourth-order valence-corrected chi connectivity index (χ4v) is 0.124. The molecule has 0 bridgehead atoms. The van der Waals surface area contributed by atoms with E-state index in [1.807, 2.05) is 0 Å². The Bertz CT molecular complexity index is 159. The van der Waals surface area contributed by atoms with E-state index in [9.17, 15) is 22.1 Å². The van der Waals surface area contributed by atoms with Crippen LogP contribution in [0.25, 0.3) is 0 Å². The SMILES string of the molecule is N#CC(F)(OF)C(F)(F)F. The fourth-order valence-electron chi connectivity index (χ4n) is 0.124. The Balaban J connectivity index is 4.54. The first-order valence-electron chi connectivity index (χ1n) is 1.84. The highest BCUT2D eigenvalue weighted by atomic mass is 19.4. The van der Waals surface area contributed by atoms with E-state index in [1.165, 1.54) is 0 Å². The third kappa shape index (κ3) is 1.33. The number of alkyl halides is 4. The second-order valence-corrected chi connectivity index (χ2v) is 1.28. The van der Waals surface area contributed by atoms with Crippen molar-refractivity contribution < 1.29 is 27.0 Å². The number of rotatable bonds is 1. The molecule has 0 fully saturated rings. The van der Waals surface area contributed by atoms with Crippen molar-refractivity contribution in [1.29, 1.82) is 5.26 Å². The molecule has 10 heavy (non-hydrogen) atoms. The Hall–Kier alpha value is -0.900. The van der Waals surface area contributed by atoms with Gasteiger partial charge in [-0.25, -0.2) is 0 Å². The van der Waals surface area contributed by atoms with Crippen LogP contribution < -0.4 is 0 Å². The van der Waals surface area contributed by atoms with Crippen molar-refractivity contribution in [3.8, 4) is 6.07 Å². The van der Waals surface area contributed by atoms with Crippen molar-refractivity contribution in [1.82, 2.24) is 0 Å². The summed E-state index contributed by atoms with van der Waals surface area (Å²) < 4.78 is 55.8. The molecule has 58 valence electrons. The minimum atomic E-state index is -5.67. The van der Waals surface area contributed by atoms with E-state index in [2.05, 4.69) is 0 Å². The Morgan fingerprint density at radius 2 is 1.60 bits per heavy atom. The van der Waals surface area contributed by atoms with E-state index >= 15 is 0 Å². The number of hydrogen-bond acceptors (Lipinski definition) is 2. The molecule has 0 saturated heterocycles. The van der Waals surface area contributed by atoms with Crippen LogP contribution in [0.3, 0.4) is 0 Å². The van der Waals surface area contributed by atoms with Gasteiger partial charge in [0.2, 0.25) is 0 Å². The number of halogens is 5. The van der Waals surface area contributed by atoms with Crippen LogP contribution in [0.5, 0.6) is 0 Å². The summed E-state index contributed by atoms with van der Waals surface area (Å²) in [6, 6.07) is -0.0208. The van der Waals surface area contributed by atoms with Crippen molar-refractivity contribution in [2.75, 3.05) is 0 Å². The van der Waals surface area contributed by atoms with Gasteiger partial charge in [0.05, 0.1) is 0 Å². The van der Waals surface area contributed by atoms with Gasteiger partial charge in [-0.15, -0.1) is 4.94 Å². The monoisotopic (exact) mass is 161 g/mol. The van der Waals surface area contributed by atoms with Crippen LogP contribution in [0, 0.1) is 11.3 Å². The highest BCUT2D eigenvalue weighted by Crippen LogP contribution is 2.34. The summed E-state index contributed by atoms with van der Waals surface area (Å²) in [6.07, 6.45) is -5.67. The van der Waals surface area contributed by atoms with Gasteiger partial charge in [0.1, 0.15) is 6.07 Å². The van der Waals surface area contributed by atoms with Crippen molar-refractivity contribution in [2.24, 2.45) is 0 Å². The molecule has 1 unspecified atom stereocenters. The third-order valence-electron chi connectivity index (χ3n) is 0.615.